The van der Waals surface area contributed by atoms with Crippen LogP contribution >= 0.6 is 0 Å². The summed E-state index contributed by atoms with van der Waals surface area (Å²) in [6, 6.07) is 7.80. The zero-order valence-corrected chi connectivity index (χ0v) is 16.7. The first-order chi connectivity index (χ1) is 14.0. The molecule has 0 bridgehead atoms. The second-order valence-corrected chi connectivity index (χ2v) is 7.65. The normalized spacial score (nSPS) is 16.9. The van der Waals surface area contributed by atoms with Crippen LogP contribution in [0.4, 0.5) is 4.39 Å². The first-order valence-electron chi connectivity index (χ1n) is 9.94. The van der Waals surface area contributed by atoms with Gasteiger partial charge in [0.25, 0.3) is 11.8 Å². The Balaban J connectivity index is 1.35. The molecule has 3 aromatic rings. The van der Waals surface area contributed by atoms with Gasteiger partial charge in [0.2, 0.25) is 0 Å². The van der Waals surface area contributed by atoms with Gasteiger partial charge in [-0.15, -0.1) is 0 Å². The molecule has 0 N–H and O–H groups in total. The quantitative estimate of drug-likeness (QED) is 0.631. The van der Waals surface area contributed by atoms with Crippen molar-refractivity contribution in [2.75, 3.05) is 13.1 Å². The summed E-state index contributed by atoms with van der Waals surface area (Å²) in [5.74, 6) is 2.60. The Kier molecular flexibility index (Phi) is 5.47. The minimum Gasteiger partial charge on any atom is -0.466 e. The van der Waals surface area contributed by atoms with Crippen molar-refractivity contribution < 1.29 is 18.1 Å². The van der Waals surface area contributed by atoms with Gasteiger partial charge in [0.15, 0.2) is 5.82 Å². The maximum absolute atomic E-state index is 13.1. The predicted octanol–water partition coefficient (Wildman–Crippen LogP) is 4.57. The fourth-order valence-corrected chi connectivity index (χ4v) is 3.90. The maximum atomic E-state index is 13.1. The summed E-state index contributed by atoms with van der Waals surface area (Å²) in [5, 5.41) is 4.04. The van der Waals surface area contributed by atoms with E-state index in [0.29, 0.717) is 40.9 Å². The van der Waals surface area contributed by atoms with E-state index in [1.807, 2.05) is 24.8 Å². The lowest BCUT2D eigenvalue weighted by Crippen LogP contribution is -2.40. The molecule has 1 aromatic carbocycles. The van der Waals surface area contributed by atoms with Gasteiger partial charge in [-0.05, 0) is 69.4 Å². The average molecular weight is 397 g/mol. The molecule has 0 spiro atoms. The van der Waals surface area contributed by atoms with Crippen molar-refractivity contribution in [3.63, 3.8) is 0 Å². The first-order valence-corrected chi connectivity index (χ1v) is 9.94. The van der Waals surface area contributed by atoms with Crippen LogP contribution in [0.3, 0.4) is 0 Å². The van der Waals surface area contributed by atoms with Gasteiger partial charge in [-0.3, -0.25) is 4.79 Å². The highest BCUT2D eigenvalue weighted by Gasteiger charge is 2.27. The summed E-state index contributed by atoms with van der Waals surface area (Å²) in [5.41, 5.74) is 1.36. The molecule has 1 aliphatic rings. The molecule has 1 unspecified atom stereocenters. The van der Waals surface area contributed by atoms with Crippen molar-refractivity contribution in [2.24, 2.45) is 5.92 Å². The third-order valence-corrected chi connectivity index (χ3v) is 5.41. The number of piperidine rings is 1. The zero-order chi connectivity index (χ0) is 20.4. The van der Waals surface area contributed by atoms with E-state index in [4.69, 9.17) is 8.94 Å². The highest BCUT2D eigenvalue weighted by molar-refractivity contribution is 5.95. The number of hydrogen-bond acceptors (Lipinski definition) is 5. The molecular weight excluding hydrogens is 373 g/mol. The number of nitrogens with zero attached hydrogens (tertiary/aromatic N) is 3. The third-order valence-electron chi connectivity index (χ3n) is 5.41. The molecule has 6 nitrogen and oxygen atoms in total. The van der Waals surface area contributed by atoms with Crippen LogP contribution in [0.1, 0.15) is 47.0 Å². The van der Waals surface area contributed by atoms with Crippen LogP contribution in [0.5, 0.6) is 0 Å². The summed E-state index contributed by atoms with van der Waals surface area (Å²) in [4.78, 5) is 19.2. The molecule has 0 saturated carbocycles. The van der Waals surface area contributed by atoms with Crippen LogP contribution in [-0.4, -0.2) is 34.0 Å². The molecule has 0 radical (unpaired) electrons. The van der Waals surface area contributed by atoms with Crippen LogP contribution in [0.25, 0.3) is 11.5 Å². The summed E-state index contributed by atoms with van der Waals surface area (Å²) in [6.45, 7) is 5.19. The lowest BCUT2D eigenvalue weighted by molar-refractivity contribution is 0.0666. The van der Waals surface area contributed by atoms with Gasteiger partial charge in [-0.25, -0.2) is 4.39 Å². The molecule has 1 aliphatic heterocycles. The Hall–Kier alpha value is -2.96. The Morgan fingerprint density at radius 3 is 2.79 bits per heavy atom. The molecule has 0 aliphatic carbocycles. The standard InChI is InChI=1S/C22H24FN3O3/c1-14-12-19(15(2)28-14)22(27)26-11-3-4-16(13-26)5-10-20-24-21(29-25-20)17-6-8-18(23)9-7-17/h6-9,12,16H,3-5,10-11,13H2,1-2H3. The minimum absolute atomic E-state index is 0.0437. The van der Waals surface area contributed by atoms with Crippen molar-refractivity contribution >= 4 is 5.91 Å². The van der Waals surface area contributed by atoms with Crippen molar-refractivity contribution in [1.29, 1.82) is 0 Å². The van der Waals surface area contributed by atoms with E-state index in [-0.39, 0.29) is 11.7 Å². The van der Waals surface area contributed by atoms with Crippen LogP contribution in [0.15, 0.2) is 39.3 Å². The van der Waals surface area contributed by atoms with Crippen LogP contribution in [0, 0.1) is 25.6 Å². The van der Waals surface area contributed by atoms with Crippen LogP contribution in [0.2, 0.25) is 0 Å². The van der Waals surface area contributed by atoms with Gasteiger partial charge in [-0.1, -0.05) is 5.16 Å². The van der Waals surface area contributed by atoms with Gasteiger partial charge in [0.1, 0.15) is 17.3 Å². The SMILES string of the molecule is Cc1cc(C(=O)N2CCCC(CCc3noc(-c4ccc(F)cc4)n3)C2)c(C)o1. The minimum atomic E-state index is -0.300. The highest BCUT2D eigenvalue weighted by atomic mass is 19.1. The molecule has 4 rings (SSSR count). The van der Waals surface area contributed by atoms with Crippen molar-refractivity contribution in [3.05, 3.63) is 59.1 Å². The van der Waals surface area contributed by atoms with E-state index >= 15 is 0 Å². The van der Waals surface area contributed by atoms with Crippen LogP contribution < -0.4 is 0 Å². The summed E-state index contributed by atoms with van der Waals surface area (Å²) in [7, 11) is 0. The molecule has 1 atom stereocenters. The number of carbonyl (C=O) groups excluding carboxylic acids is 1. The third kappa shape index (κ3) is 4.39. The summed E-state index contributed by atoms with van der Waals surface area (Å²) < 4.78 is 23.9. The number of benzene rings is 1. The molecule has 7 heteroatoms. The highest BCUT2D eigenvalue weighted by Crippen LogP contribution is 2.25. The number of furan rings is 1. The Morgan fingerprint density at radius 2 is 2.07 bits per heavy atom. The van der Waals surface area contributed by atoms with Gasteiger partial charge < -0.3 is 13.8 Å². The second kappa shape index (κ2) is 8.19. The fraction of sp³-hybridized carbons (Fsp3) is 0.409. The first kappa shape index (κ1) is 19.4. The fourth-order valence-electron chi connectivity index (χ4n) is 3.90. The van der Waals surface area contributed by atoms with E-state index in [1.54, 1.807) is 12.1 Å². The molecule has 1 saturated heterocycles. The molecule has 152 valence electrons. The Labute approximate surface area is 168 Å². The monoisotopic (exact) mass is 397 g/mol. The second-order valence-electron chi connectivity index (χ2n) is 7.65. The van der Waals surface area contributed by atoms with Crippen molar-refractivity contribution in [3.8, 4) is 11.5 Å². The van der Waals surface area contributed by atoms with E-state index < -0.39 is 0 Å². The summed E-state index contributed by atoms with van der Waals surface area (Å²) in [6.07, 6.45) is 3.63. The molecule has 3 heterocycles. The van der Waals surface area contributed by atoms with Gasteiger partial charge >= 0.3 is 0 Å². The number of hydrogen-bond donors (Lipinski definition) is 0. The van der Waals surface area contributed by atoms with Gasteiger partial charge in [0, 0.05) is 25.1 Å². The van der Waals surface area contributed by atoms with Gasteiger partial charge in [-0.2, -0.15) is 4.98 Å². The number of aromatic nitrogens is 2. The van der Waals surface area contributed by atoms with Crippen molar-refractivity contribution in [1.82, 2.24) is 15.0 Å². The molecule has 1 amide bonds. The maximum Gasteiger partial charge on any atom is 0.257 e. The number of amides is 1. The largest absolute Gasteiger partial charge is 0.466 e. The average Bonchev–Trinajstić information content (AvgIpc) is 3.32. The van der Waals surface area contributed by atoms with E-state index in [2.05, 4.69) is 10.1 Å². The van der Waals surface area contributed by atoms with E-state index in [1.165, 1.54) is 12.1 Å². The number of halogens is 1. The predicted molar refractivity (Wildman–Crippen MR) is 105 cm³/mol. The van der Waals surface area contributed by atoms with Crippen molar-refractivity contribution in [2.45, 2.75) is 39.5 Å². The lowest BCUT2D eigenvalue weighted by Gasteiger charge is -2.32. The number of likely N-dealkylation sites (tertiary alicyclic amines) is 1. The summed E-state index contributed by atoms with van der Waals surface area (Å²) >= 11 is 0. The number of carbonyl (C=O) groups is 1. The lowest BCUT2D eigenvalue weighted by atomic mass is 9.93. The molecule has 2 aromatic heterocycles. The number of aryl methyl sites for hydroxylation is 3. The smallest absolute Gasteiger partial charge is 0.257 e. The van der Waals surface area contributed by atoms with Crippen LogP contribution in [-0.2, 0) is 6.42 Å². The molecule has 1 fully saturated rings. The Morgan fingerprint density at radius 1 is 1.28 bits per heavy atom. The number of rotatable bonds is 5. The van der Waals surface area contributed by atoms with E-state index in [0.717, 1.165) is 38.1 Å². The van der Waals surface area contributed by atoms with E-state index in [9.17, 15) is 9.18 Å². The topological polar surface area (TPSA) is 72.4 Å². The zero-order valence-electron chi connectivity index (χ0n) is 16.7. The Bertz CT molecular complexity index is 993. The van der Waals surface area contributed by atoms with Gasteiger partial charge in [0.05, 0.1) is 5.56 Å². The molecular formula is C22H24FN3O3. The molecule has 29 heavy (non-hydrogen) atoms.